The number of amides is 3. The number of para-hydroxylation sites is 1. The molecule has 0 spiro atoms. The number of hydrogen-bond donors (Lipinski definition) is 8. The highest BCUT2D eigenvalue weighted by molar-refractivity contribution is 7.80. The maximum atomic E-state index is 13.1. The van der Waals surface area contributed by atoms with Gasteiger partial charge in [-0.1, -0.05) is 32.0 Å². The number of aliphatic carboxylic acids is 1. The predicted octanol–water partition coefficient (Wildman–Crippen LogP) is 0.482. The summed E-state index contributed by atoms with van der Waals surface area (Å²) in [6.07, 6.45) is 2.04. The molecule has 0 aliphatic carbocycles. The number of carboxylic acids is 1. The van der Waals surface area contributed by atoms with Crippen molar-refractivity contribution in [1.29, 1.82) is 0 Å². The number of nitrogens with one attached hydrogen (secondary N) is 4. The fourth-order valence-corrected chi connectivity index (χ4v) is 3.95. The van der Waals surface area contributed by atoms with E-state index in [-0.39, 0.29) is 30.3 Å². The van der Waals surface area contributed by atoms with Crippen molar-refractivity contribution in [2.24, 2.45) is 11.7 Å². The van der Waals surface area contributed by atoms with E-state index in [1.807, 2.05) is 38.1 Å². The Kier molecular flexibility index (Phi) is 10.9. The van der Waals surface area contributed by atoms with Crippen LogP contribution in [0.15, 0.2) is 30.5 Å². The highest BCUT2D eigenvalue weighted by Crippen LogP contribution is 2.19. The number of fused-ring (bicyclic) bond motifs is 1. The van der Waals surface area contributed by atoms with Gasteiger partial charge in [0.15, 0.2) is 0 Å². The topological polar surface area (TPSA) is 166 Å². The van der Waals surface area contributed by atoms with E-state index in [1.54, 1.807) is 6.20 Å². The average molecular weight is 524 g/mol. The van der Waals surface area contributed by atoms with Gasteiger partial charge in [-0.3, -0.25) is 14.4 Å². The molecule has 3 amide bonds. The lowest BCUT2D eigenvalue weighted by atomic mass is 10.0. The molecule has 0 aliphatic heterocycles. The molecule has 1 aromatic heterocycles. The van der Waals surface area contributed by atoms with Crippen molar-refractivity contribution in [3.05, 3.63) is 36.0 Å². The standard InChI is InChI=1S/C23H33N5O5S2/c1-12(2)7-17(26-22(31)19(11-35)28-20(29)15(24)10-34)21(30)27-18(23(32)33)8-13-9-25-16-6-4-3-5-14(13)16/h3-6,9,12,15,17-19,25,34-35H,7-8,10-11,24H2,1-2H3,(H,26,31)(H,27,30)(H,28,29)(H,32,33). The van der Waals surface area contributed by atoms with Gasteiger partial charge in [0.2, 0.25) is 17.7 Å². The highest BCUT2D eigenvalue weighted by atomic mass is 32.1. The minimum atomic E-state index is -1.21. The van der Waals surface area contributed by atoms with Crippen molar-refractivity contribution >= 4 is 59.9 Å². The maximum Gasteiger partial charge on any atom is 0.326 e. The normalized spacial score (nSPS) is 14.7. The number of carbonyl (C=O) groups is 4. The van der Waals surface area contributed by atoms with Crippen molar-refractivity contribution in [3.63, 3.8) is 0 Å². The van der Waals surface area contributed by atoms with Crippen molar-refractivity contribution in [3.8, 4) is 0 Å². The number of thiol groups is 2. The number of carboxylic acid groups (broad SMARTS) is 1. The van der Waals surface area contributed by atoms with Gasteiger partial charge in [-0.25, -0.2) is 4.79 Å². The van der Waals surface area contributed by atoms with Gasteiger partial charge in [0.25, 0.3) is 0 Å². The summed E-state index contributed by atoms with van der Waals surface area (Å²) < 4.78 is 0. The van der Waals surface area contributed by atoms with Crippen LogP contribution in [0, 0.1) is 5.92 Å². The fraction of sp³-hybridized carbons (Fsp3) is 0.478. The number of aromatic nitrogens is 1. The summed E-state index contributed by atoms with van der Waals surface area (Å²) in [6.45, 7) is 3.74. The summed E-state index contributed by atoms with van der Waals surface area (Å²) in [5.74, 6) is -2.92. The van der Waals surface area contributed by atoms with Gasteiger partial charge in [0, 0.05) is 35.0 Å². The average Bonchev–Trinajstić information content (AvgIpc) is 3.23. The molecule has 0 saturated heterocycles. The van der Waals surface area contributed by atoms with Crippen LogP contribution in [0.25, 0.3) is 10.9 Å². The molecule has 2 rings (SSSR count). The lowest BCUT2D eigenvalue weighted by Crippen LogP contribution is -2.58. The molecule has 10 nitrogen and oxygen atoms in total. The van der Waals surface area contributed by atoms with Crippen LogP contribution in [-0.2, 0) is 25.6 Å². The van der Waals surface area contributed by atoms with E-state index in [4.69, 9.17) is 5.73 Å². The monoisotopic (exact) mass is 523 g/mol. The van der Waals surface area contributed by atoms with Crippen molar-refractivity contribution in [2.75, 3.05) is 11.5 Å². The van der Waals surface area contributed by atoms with Crippen LogP contribution in [0.1, 0.15) is 25.8 Å². The zero-order valence-corrected chi connectivity index (χ0v) is 21.4. The van der Waals surface area contributed by atoms with Crippen LogP contribution in [0.3, 0.4) is 0 Å². The molecule has 12 heteroatoms. The summed E-state index contributed by atoms with van der Waals surface area (Å²) >= 11 is 8.09. The van der Waals surface area contributed by atoms with Gasteiger partial charge in [-0.2, -0.15) is 25.3 Å². The van der Waals surface area contributed by atoms with Crippen molar-refractivity contribution < 1.29 is 24.3 Å². The van der Waals surface area contributed by atoms with E-state index < -0.39 is 47.9 Å². The summed E-state index contributed by atoms with van der Waals surface area (Å²) in [6, 6.07) is 3.32. The second-order valence-corrected chi connectivity index (χ2v) is 9.42. The molecule has 2 aromatic rings. The molecular formula is C23H33N5O5S2. The molecule has 35 heavy (non-hydrogen) atoms. The molecule has 7 N–H and O–H groups in total. The molecule has 1 aromatic carbocycles. The van der Waals surface area contributed by atoms with Crippen LogP contribution < -0.4 is 21.7 Å². The Morgan fingerprint density at radius 3 is 2.14 bits per heavy atom. The Hall–Kier alpha value is -2.70. The molecule has 0 aliphatic rings. The van der Waals surface area contributed by atoms with Crippen LogP contribution >= 0.6 is 25.3 Å². The summed E-state index contributed by atoms with van der Waals surface area (Å²) in [5, 5.41) is 18.3. The van der Waals surface area contributed by atoms with Crippen LogP contribution in [-0.4, -0.2) is 69.5 Å². The molecule has 192 valence electrons. The second-order valence-electron chi connectivity index (χ2n) is 8.69. The number of nitrogens with two attached hydrogens (primary N) is 1. The molecule has 0 saturated carbocycles. The third kappa shape index (κ3) is 8.18. The first-order valence-electron chi connectivity index (χ1n) is 11.2. The van der Waals surface area contributed by atoms with Crippen LogP contribution in [0.4, 0.5) is 0 Å². The lowest BCUT2D eigenvalue weighted by molar-refractivity contribution is -0.142. The van der Waals surface area contributed by atoms with Crippen LogP contribution in [0.5, 0.6) is 0 Å². The quantitative estimate of drug-likeness (QED) is 0.178. The predicted molar refractivity (Wildman–Crippen MR) is 141 cm³/mol. The summed E-state index contributed by atoms with van der Waals surface area (Å²) in [7, 11) is 0. The zero-order valence-electron chi connectivity index (χ0n) is 19.7. The van der Waals surface area contributed by atoms with E-state index in [2.05, 4.69) is 46.2 Å². The Morgan fingerprint density at radius 2 is 1.54 bits per heavy atom. The Labute approximate surface area is 215 Å². The van der Waals surface area contributed by atoms with E-state index in [9.17, 15) is 24.3 Å². The minimum Gasteiger partial charge on any atom is -0.480 e. The van der Waals surface area contributed by atoms with Gasteiger partial charge in [-0.15, -0.1) is 0 Å². The molecule has 4 atom stereocenters. The molecule has 0 fully saturated rings. The zero-order chi connectivity index (χ0) is 26.1. The van der Waals surface area contributed by atoms with Crippen molar-refractivity contribution in [1.82, 2.24) is 20.9 Å². The third-order valence-corrected chi connectivity index (χ3v) is 6.16. The number of hydrogen-bond acceptors (Lipinski definition) is 7. The maximum absolute atomic E-state index is 13.1. The van der Waals surface area contributed by atoms with E-state index >= 15 is 0 Å². The van der Waals surface area contributed by atoms with Gasteiger partial charge >= 0.3 is 5.97 Å². The SMILES string of the molecule is CC(C)CC(NC(=O)C(CS)NC(=O)C(N)CS)C(=O)NC(Cc1c[nH]c2ccccc12)C(=O)O. The molecule has 0 bridgehead atoms. The summed E-state index contributed by atoms with van der Waals surface area (Å²) in [4.78, 5) is 53.0. The van der Waals surface area contributed by atoms with Crippen LogP contribution in [0.2, 0.25) is 0 Å². The highest BCUT2D eigenvalue weighted by Gasteiger charge is 2.30. The van der Waals surface area contributed by atoms with Crippen molar-refractivity contribution in [2.45, 2.75) is 50.9 Å². The van der Waals surface area contributed by atoms with E-state index in [0.29, 0.717) is 0 Å². The van der Waals surface area contributed by atoms with E-state index in [0.717, 1.165) is 16.5 Å². The molecular weight excluding hydrogens is 490 g/mol. The fourth-order valence-electron chi connectivity index (χ4n) is 3.52. The number of carbonyl (C=O) groups excluding carboxylic acids is 3. The Balaban J connectivity index is 2.13. The van der Waals surface area contributed by atoms with E-state index in [1.165, 1.54) is 0 Å². The molecule has 4 unspecified atom stereocenters. The van der Waals surface area contributed by atoms with Gasteiger partial charge in [-0.05, 0) is 24.0 Å². The first kappa shape index (κ1) is 28.5. The molecule has 0 radical (unpaired) electrons. The number of benzene rings is 1. The minimum absolute atomic E-state index is 0.0181. The Bertz CT molecular complexity index is 1040. The first-order valence-corrected chi connectivity index (χ1v) is 12.5. The number of H-pyrrole nitrogens is 1. The summed E-state index contributed by atoms with van der Waals surface area (Å²) in [5.41, 5.74) is 7.25. The lowest BCUT2D eigenvalue weighted by Gasteiger charge is -2.25. The van der Waals surface area contributed by atoms with Gasteiger partial charge in [0.1, 0.15) is 18.1 Å². The Morgan fingerprint density at radius 1 is 0.943 bits per heavy atom. The first-order chi connectivity index (χ1) is 16.6. The molecule has 1 heterocycles. The largest absolute Gasteiger partial charge is 0.480 e. The third-order valence-electron chi connectivity index (χ3n) is 5.40. The van der Waals surface area contributed by atoms with Gasteiger partial charge < -0.3 is 31.8 Å². The second kappa shape index (κ2) is 13.4. The smallest absolute Gasteiger partial charge is 0.326 e. The van der Waals surface area contributed by atoms with Gasteiger partial charge in [0.05, 0.1) is 6.04 Å². The number of aromatic amines is 1. The number of rotatable bonds is 13.